The van der Waals surface area contributed by atoms with Gasteiger partial charge in [-0.1, -0.05) is 6.58 Å². The minimum Gasteiger partial charge on any atom is -0.462 e. The summed E-state index contributed by atoms with van der Waals surface area (Å²) in [5, 5.41) is 7.76. The molecule has 0 aliphatic rings. The molecular weight excluding hydrogens is 539 g/mol. The van der Waals surface area contributed by atoms with Crippen molar-refractivity contribution in [1.82, 2.24) is 0 Å². The van der Waals surface area contributed by atoms with E-state index in [9.17, 15) is 49.1 Å². The van der Waals surface area contributed by atoms with Crippen molar-refractivity contribution in [3.8, 4) is 5.75 Å². The molecule has 38 heavy (non-hydrogen) atoms. The molecule has 0 aromatic heterocycles. The van der Waals surface area contributed by atoms with E-state index in [-0.39, 0.29) is 22.6 Å². The van der Waals surface area contributed by atoms with Crippen molar-refractivity contribution in [1.29, 1.82) is 0 Å². The molecule has 2 aromatic rings. The second-order valence-electron chi connectivity index (χ2n) is 7.65. The Kier molecular flexibility index (Phi) is 8.96. The van der Waals surface area contributed by atoms with Gasteiger partial charge in [0.25, 0.3) is 0 Å². The monoisotopic (exact) mass is 556 g/mol. The Morgan fingerprint density at radius 3 is 1.71 bits per heavy atom. The zero-order chi connectivity index (χ0) is 28.9. The van der Waals surface area contributed by atoms with Gasteiger partial charge in [0.2, 0.25) is 0 Å². The zero-order valence-electron chi connectivity index (χ0n) is 19.2. The summed E-state index contributed by atoms with van der Waals surface area (Å²) < 4.78 is 125. The SMILES string of the molecule is C=C(C)C(=O)Oc1ccc(N=Nc2ccc(C(=O)OCCC(F)(F)C(F)(F)C(F)(F)C(F)(F)F)cc2)cc1. The normalized spacial score (nSPS) is 12.9. The highest BCUT2D eigenvalue weighted by Crippen LogP contribution is 2.54. The van der Waals surface area contributed by atoms with Gasteiger partial charge >= 0.3 is 35.9 Å². The molecule has 0 amide bonds. The van der Waals surface area contributed by atoms with Gasteiger partial charge < -0.3 is 9.47 Å². The third kappa shape index (κ3) is 6.89. The zero-order valence-corrected chi connectivity index (χ0v) is 19.2. The van der Waals surface area contributed by atoms with E-state index < -0.39 is 48.9 Å². The first kappa shape index (κ1) is 30.3. The second kappa shape index (κ2) is 11.2. The van der Waals surface area contributed by atoms with Crippen LogP contribution < -0.4 is 4.74 Å². The van der Waals surface area contributed by atoms with E-state index in [1.54, 1.807) is 0 Å². The van der Waals surface area contributed by atoms with Crippen molar-refractivity contribution in [2.75, 3.05) is 6.61 Å². The predicted octanol–water partition coefficient (Wildman–Crippen LogP) is 7.60. The Balaban J connectivity index is 1.95. The number of ether oxygens (including phenoxy) is 2. The van der Waals surface area contributed by atoms with Crippen molar-refractivity contribution in [3.05, 3.63) is 66.2 Å². The van der Waals surface area contributed by atoms with Gasteiger partial charge in [-0.3, -0.25) is 0 Å². The molecule has 206 valence electrons. The van der Waals surface area contributed by atoms with Crippen LogP contribution in [0.15, 0.2) is 70.9 Å². The van der Waals surface area contributed by atoms with Gasteiger partial charge in [-0.15, -0.1) is 0 Å². The summed E-state index contributed by atoms with van der Waals surface area (Å²) in [6.45, 7) is 3.34. The molecule has 0 unspecified atom stereocenters. The Hall–Kier alpha value is -3.91. The van der Waals surface area contributed by atoms with E-state index in [1.165, 1.54) is 43.3 Å². The molecule has 2 aromatic carbocycles. The Bertz CT molecular complexity index is 1190. The van der Waals surface area contributed by atoms with Crippen LogP contribution in [0.4, 0.5) is 50.9 Å². The van der Waals surface area contributed by atoms with Crippen molar-refractivity contribution in [2.24, 2.45) is 10.2 Å². The topological polar surface area (TPSA) is 77.3 Å². The summed E-state index contributed by atoms with van der Waals surface area (Å²) in [6.07, 6.45) is -9.23. The molecule has 0 fully saturated rings. The molecule has 0 N–H and O–H groups in total. The van der Waals surface area contributed by atoms with Crippen molar-refractivity contribution in [3.63, 3.8) is 0 Å². The maximum atomic E-state index is 13.5. The Morgan fingerprint density at radius 2 is 1.26 bits per heavy atom. The van der Waals surface area contributed by atoms with Crippen LogP contribution in [0.25, 0.3) is 0 Å². The molecule has 15 heteroatoms. The van der Waals surface area contributed by atoms with E-state index in [0.29, 0.717) is 5.69 Å². The number of nitrogens with zero attached hydrogens (tertiary/aromatic N) is 2. The minimum absolute atomic E-state index is 0.194. The van der Waals surface area contributed by atoms with Gasteiger partial charge in [0.15, 0.2) is 0 Å². The summed E-state index contributed by atoms with van der Waals surface area (Å²) in [6, 6.07) is 10.5. The number of hydrogen-bond acceptors (Lipinski definition) is 6. The third-order valence-electron chi connectivity index (χ3n) is 4.64. The highest BCUT2D eigenvalue weighted by Gasteiger charge is 2.81. The number of halogens is 9. The molecule has 0 bridgehead atoms. The molecular formula is C23H17F9N2O4. The van der Waals surface area contributed by atoms with Crippen molar-refractivity contribution in [2.45, 2.75) is 37.3 Å². The van der Waals surface area contributed by atoms with Gasteiger partial charge in [0.1, 0.15) is 5.75 Å². The summed E-state index contributed by atoms with van der Waals surface area (Å²) in [5.41, 5.74) is 0.451. The standard InChI is InChI=1S/C23H17F9N2O4/c1-13(2)18(35)38-17-9-7-16(8-10-17)34-33-15-5-3-14(4-6-15)19(36)37-12-11-20(24,25)21(26,27)22(28,29)23(30,31)32/h3-10H,1,11-12H2,2H3. The maximum absolute atomic E-state index is 13.5. The molecule has 0 saturated heterocycles. The molecule has 0 spiro atoms. The van der Waals surface area contributed by atoms with Crippen LogP contribution >= 0.6 is 0 Å². The fourth-order valence-corrected chi connectivity index (χ4v) is 2.47. The summed E-state index contributed by atoms with van der Waals surface area (Å²) in [7, 11) is 0. The fraction of sp³-hybridized carbons (Fsp3) is 0.304. The molecule has 0 aliphatic heterocycles. The minimum atomic E-state index is -7.02. The van der Waals surface area contributed by atoms with Crippen LogP contribution in [0.5, 0.6) is 5.75 Å². The summed E-state index contributed by atoms with van der Waals surface area (Å²) in [5.74, 6) is -21.4. The van der Waals surface area contributed by atoms with Crippen LogP contribution in [-0.2, 0) is 9.53 Å². The van der Waals surface area contributed by atoms with Gasteiger partial charge in [-0.2, -0.15) is 49.7 Å². The third-order valence-corrected chi connectivity index (χ3v) is 4.64. The van der Waals surface area contributed by atoms with E-state index >= 15 is 0 Å². The Labute approximate surface area is 208 Å². The lowest BCUT2D eigenvalue weighted by molar-refractivity contribution is -0.397. The highest BCUT2D eigenvalue weighted by molar-refractivity contribution is 5.89. The molecule has 0 saturated carbocycles. The van der Waals surface area contributed by atoms with Gasteiger partial charge in [-0.25, -0.2) is 9.59 Å². The molecule has 0 heterocycles. The van der Waals surface area contributed by atoms with Gasteiger partial charge in [-0.05, 0) is 55.5 Å². The lowest BCUT2D eigenvalue weighted by atomic mass is 10.0. The van der Waals surface area contributed by atoms with Crippen LogP contribution in [0.2, 0.25) is 0 Å². The van der Waals surface area contributed by atoms with Crippen LogP contribution in [0.3, 0.4) is 0 Å². The number of rotatable bonds is 10. The quantitative estimate of drug-likeness (QED) is 0.0993. The fourth-order valence-electron chi connectivity index (χ4n) is 2.47. The van der Waals surface area contributed by atoms with E-state index in [1.807, 2.05) is 0 Å². The van der Waals surface area contributed by atoms with Gasteiger partial charge in [0.05, 0.1) is 30.0 Å². The number of carbonyl (C=O) groups excluding carboxylic acids is 2. The molecule has 0 aliphatic carbocycles. The average Bonchev–Trinajstić information content (AvgIpc) is 2.82. The second-order valence-corrected chi connectivity index (χ2v) is 7.65. The van der Waals surface area contributed by atoms with Crippen LogP contribution in [0, 0.1) is 0 Å². The number of esters is 2. The molecule has 0 radical (unpaired) electrons. The summed E-state index contributed by atoms with van der Waals surface area (Å²) in [4.78, 5) is 23.4. The van der Waals surface area contributed by atoms with Gasteiger partial charge in [0, 0.05) is 5.57 Å². The van der Waals surface area contributed by atoms with Crippen molar-refractivity contribution >= 4 is 23.3 Å². The smallest absolute Gasteiger partial charge is 0.460 e. The first-order chi connectivity index (χ1) is 17.4. The highest BCUT2D eigenvalue weighted by atomic mass is 19.4. The van der Waals surface area contributed by atoms with E-state index in [2.05, 4.69) is 21.5 Å². The molecule has 6 nitrogen and oxygen atoms in total. The first-order valence-corrected chi connectivity index (χ1v) is 10.3. The van der Waals surface area contributed by atoms with Crippen molar-refractivity contribution < 1.29 is 58.6 Å². The van der Waals surface area contributed by atoms with E-state index in [0.717, 1.165) is 12.1 Å². The number of benzene rings is 2. The first-order valence-electron chi connectivity index (χ1n) is 10.3. The molecule has 0 atom stereocenters. The predicted molar refractivity (Wildman–Crippen MR) is 113 cm³/mol. The lowest BCUT2D eigenvalue weighted by Gasteiger charge is -2.33. The largest absolute Gasteiger partial charge is 0.462 e. The summed E-state index contributed by atoms with van der Waals surface area (Å²) >= 11 is 0. The lowest BCUT2D eigenvalue weighted by Crippen LogP contribution is -2.61. The molecule has 2 rings (SSSR count). The van der Waals surface area contributed by atoms with E-state index in [4.69, 9.17) is 4.74 Å². The van der Waals surface area contributed by atoms with Crippen LogP contribution in [-0.4, -0.2) is 42.5 Å². The number of hydrogen-bond donors (Lipinski definition) is 0. The Morgan fingerprint density at radius 1 is 0.789 bits per heavy atom. The van der Waals surface area contributed by atoms with Crippen LogP contribution in [0.1, 0.15) is 23.7 Å². The average molecular weight is 556 g/mol. The maximum Gasteiger partial charge on any atom is 0.460 e. The number of carbonyl (C=O) groups is 2. The number of azo groups is 1. The number of alkyl halides is 9.